The molecule has 1 atom stereocenters. The fourth-order valence-corrected chi connectivity index (χ4v) is 1.36. The minimum absolute atomic E-state index is 0.00728. The van der Waals surface area contributed by atoms with E-state index in [1.165, 1.54) is 0 Å². The summed E-state index contributed by atoms with van der Waals surface area (Å²) in [6, 6.07) is 1.83. The third-order valence-corrected chi connectivity index (χ3v) is 2.38. The zero-order valence-electron chi connectivity index (χ0n) is 6.71. The summed E-state index contributed by atoms with van der Waals surface area (Å²) >= 11 is 2.80. The van der Waals surface area contributed by atoms with Crippen molar-refractivity contribution in [3.63, 3.8) is 0 Å². The van der Waals surface area contributed by atoms with E-state index in [2.05, 4.69) is 20.5 Å². The summed E-state index contributed by atoms with van der Waals surface area (Å²) < 4.78 is 40.3. The van der Waals surface area contributed by atoms with Crippen LogP contribution in [0.15, 0.2) is 16.6 Å². The minimum Gasteiger partial charge on any atom is -0.207 e. The van der Waals surface area contributed by atoms with E-state index < -0.39 is 26.5 Å². The lowest BCUT2D eigenvalue weighted by atomic mass is 10.2. The van der Waals surface area contributed by atoms with Crippen LogP contribution in [0.5, 0.6) is 0 Å². The summed E-state index contributed by atoms with van der Waals surface area (Å²) in [6.45, 7) is -0.443. The van der Waals surface area contributed by atoms with E-state index in [1.54, 1.807) is 0 Å². The average molecular weight is 286 g/mol. The average Bonchev–Trinajstić information content (AvgIpc) is 2.09. The molecule has 0 heterocycles. The summed E-state index contributed by atoms with van der Waals surface area (Å²) in [7, 11) is -2.80. The number of hydrogen-bond donors (Lipinski definition) is 1. The van der Waals surface area contributed by atoms with Gasteiger partial charge in [-0.05, 0) is 28.1 Å². The van der Waals surface area contributed by atoms with Gasteiger partial charge in [-0.2, -0.15) is 0 Å². The van der Waals surface area contributed by atoms with Gasteiger partial charge in [0.1, 0.15) is 18.2 Å². The van der Waals surface area contributed by atoms with Crippen molar-refractivity contribution >= 4 is 24.2 Å². The molecule has 0 spiro atoms. The van der Waals surface area contributed by atoms with Crippen LogP contribution in [0.1, 0.15) is 5.56 Å². The molecule has 1 N–H and O–H groups in total. The number of hydrogen-bond acceptors (Lipinski definition) is 2. The van der Waals surface area contributed by atoms with Crippen molar-refractivity contribution in [2.24, 2.45) is 0 Å². The molecule has 0 fully saturated rings. The molecule has 0 amide bonds. The molecule has 0 aliphatic heterocycles. The Balaban J connectivity index is 2.87. The summed E-state index contributed by atoms with van der Waals surface area (Å²) in [5, 5.41) is 0. The number of rotatable bonds is 3. The summed E-state index contributed by atoms with van der Waals surface area (Å²) in [6.07, 6.45) is 0. The van der Waals surface area contributed by atoms with Gasteiger partial charge in [0.15, 0.2) is 0 Å². The smallest absolute Gasteiger partial charge is 0.207 e. The topological polar surface area (TPSA) is 46.5 Å². The Labute approximate surface area is 87.8 Å². The lowest BCUT2D eigenvalue weighted by Gasteiger charge is -2.00. The van der Waals surface area contributed by atoms with E-state index in [0.717, 1.165) is 12.1 Å². The van der Waals surface area contributed by atoms with Crippen molar-refractivity contribution in [3.05, 3.63) is 33.8 Å². The molecule has 0 aliphatic rings. The van der Waals surface area contributed by atoms with Crippen molar-refractivity contribution < 1.29 is 22.8 Å². The summed E-state index contributed by atoms with van der Waals surface area (Å²) in [4.78, 5) is 8.29. The molecule has 3 nitrogen and oxygen atoms in total. The largest absolute Gasteiger partial charge is 0.695 e. The van der Waals surface area contributed by atoms with Gasteiger partial charge in [-0.15, -0.1) is 9.42 Å². The summed E-state index contributed by atoms with van der Waals surface area (Å²) in [5.41, 5.74) is -0.108. The Morgan fingerprint density at radius 3 is 2.64 bits per heavy atom. The van der Waals surface area contributed by atoms with Gasteiger partial charge in [0.05, 0.1) is 4.47 Å². The third kappa shape index (κ3) is 3.06. The van der Waals surface area contributed by atoms with Crippen LogP contribution in [0, 0.1) is 11.6 Å². The van der Waals surface area contributed by atoms with Gasteiger partial charge in [0, 0.05) is 10.1 Å². The Kier molecular flexibility index (Phi) is 4.07. The molecular formula is C7H5BrF2O3P+. The highest BCUT2D eigenvalue weighted by atomic mass is 79.9. The van der Waals surface area contributed by atoms with Crippen molar-refractivity contribution in [2.75, 3.05) is 0 Å². The Morgan fingerprint density at radius 2 is 2.07 bits per heavy atom. The zero-order valence-corrected chi connectivity index (χ0v) is 9.19. The van der Waals surface area contributed by atoms with Gasteiger partial charge in [-0.1, -0.05) is 0 Å². The van der Waals surface area contributed by atoms with E-state index in [9.17, 15) is 13.3 Å². The first-order valence-corrected chi connectivity index (χ1v) is 5.35. The predicted molar refractivity (Wildman–Crippen MR) is 48.7 cm³/mol. The van der Waals surface area contributed by atoms with Crippen LogP contribution in [-0.2, 0) is 15.7 Å². The molecule has 1 rings (SSSR count). The van der Waals surface area contributed by atoms with Crippen LogP contribution < -0.4 is 0 Å². The Hall–Kier alpha value is -0.420. The third-order valence-electron chi connectivity index (χ3n) is 1.42. The van der Waals surface area contributed by atoms with Crippen LogP contribution in [0.4, 0.5) is 8.78 Å². The second-order valence-corrected chi connectivity index (χ2v) is 3.96. The second-order valence-electron chi connectivity index (χ2n) is 2.37. The normalized spacial score (nSPS) is 11.6. The first-order valence-electron chi connectivity index (χ1n) is 3.43. The minimum atomic E-state index is -2.80. The van der Waals surface area contributed by atoms with E-state index in [4.69, 9.17) is 4.89 Å². The molecule has 14 heavy (non-hydrogen) atoms. The molecule has 0 radical (unpaired) electrons. The SMILES string of the molecule is O=[P+](O)OCc1cc(F)c(Br)cc1F. The highest BCUT2D eigenvalue weighted by Gasteiger charge is 2.15. The molecule has 76 valence electrons. The number of halogens is 3. The summed E-state index contributed by atoms with van der Waals surface area (Å²) in [5.74, 6) is -1.35. The first-order chi connectivity index (χ1) is 6.50. The molecule has 0 bridgehead atoms. The van der Waals surface area contributed by atoms with Gasteiger partial charge < -0.3 is 0 Å². The maximum absolute atomic E-state index is 13.0. The fraction of sp³-hybridized carbons (Fsp3) is 0.143. The van der Waals surface area contributed by atoms with Crippen LogP contribution in [0.25, 0.3) is 0 Å². The lowest BCUT2D eigenvalue weighted by molar-refractivity contribution is 0.267. The van der Waals surface area contributed by atoms with Gasteiger partial charge in [-0.3, -0.25) is 0 Å². The van der Waals surface area contributed by atoms with Crippen molar-refractivity contribution in [1.82, 2.24) is 0 Å². The predicted octanol–water partition coefficient (Wildman–Crippen LogP) is 2.89. The molecular weight excluding hydrogens is 281 g/mol. The van der Waals surface area contributed by atoms with Gasteiger partial charge >= 0.3 is 8.25 Å². The maximum Gasteiger partial charge on any atom is 0.695 e. The molecule has 0 aliphatic carbocycles. The molecule has 7 heteroatoms. The molecule has 0 aromatic heterocycles. The van der Waals surface area contributed by atoms with E-state index in [0.29, 0.717) is 0 Å². The molecule has 0 saturated carbocycles. The highest BCUT2D eigenvalue weighted by Crippen LogP contribution is 2.23. The van der Waals surface area contributed by atoms with E-state index >= 15 is 0 Å². The fourth-order valence-electron chi connectivity index (χ4n) is 0.799. The standard InChI is InChI=1S/C7H4BrF2O3P/c8-5-2-6(9)4(1-7(5)10)3-13-14(11)12/h1-2H,3H2/p+1. The van der Waals surface area contributed by atoms with Gasteiger partial charge in [-0.25, -0.2) is 8.78 Å². The Bertz CT molecular complexity index is 372. The highest BCUT2D eigenvalue weighted by molar-refractivity contribution is 9.10. The van der Waals surface area contributed by atoms with Crippen LogP contribution in [-0.4, -0.2) is 4.89 Å². The van der Waals surface area contributed by atoms with E-state index in [-0.39, 0.29) is 10.0 Å². The van der Waals surface area contributed by atoms with Crippen molar-refractivity contribution in [2.45, 2.75) is 6.61 Å². The van der Waals surface area contributed by atoms with Gasteiger partial charge in [0.2, 0.25) is 0 Å². The maximum atomic E-state index is 13.0. The monoisotopic (exact) mass is 285 g/mol. The molecule has 0 saturated heterocycles. The lowest BCUT2D eigenvalue weighted by Crippen LogP contribution is -1.93. The van der Waals surface area contributed by atoms with E-state index in [1.807, 2.05) is 0 Å². The zero-order chi connectivity index (χ0) is 10.7. The van der Waals surface area contributed by atoms with Crippen LogP contribution in [0.2, 0.25) is 0 Å². The quantitative estimate of drug-likeness (QED) is 0.686. The van der Waals surface area contributed by atoms with Gasteiger partial charge in [0.25, 0.3) is 0 Å². The van der Waals surface area contributed by atoms with Crippen molar-refractivity contribution in [3.8, 4) is 0 Å². The first kappa shape index (κ1) is 11.7. The van der Waals surface area contributed by atoms with Crippen LogP contribution in [0.3, 0.4) is 0 Å². The number of benzene rings is 1. The van der Waals surface area contributed by atoms with Crippen molar-refractivity contribution in [1.29, 1.82) is 0 Å². The molecule has 1 unspecified atom stereocenters. The molecule has 1 aromatic carbocycles. The molecule has 1 aromatic rings. The second kappa shape index (κ2) is 4.89. The Morgan fingerprint density at radius 1 is 1.43 bits per heavy atom. The van der Waals surface area contributed by atoms with Crippen LogP contribution >= 0.6 is 24.2 Å².